The van der Waals surface area contributed by atoms with E-state index in [9.17, 15) is 0 Å². The molecule has 0 amide bonds. The van der Waals surface area contributed by atoms with Crippen molar-refractivity contribution in [1.29, 1.82) is 0 Å². The largest absolute Gasteiger partial charge is 0.449 e. The molecule has 2 heterocycles. The van der Waals surface area contributed by atoms with Gasteiger partial charge in [0.2, 0.25) is 0 Å². The normalized spacial score (nSPS) is 12.3. The van der Waals surface area contributed by atoms with Crippen molar-refractivity contribution in [3.63, 3.8) is 0 Å². The molecule has 21 heavy (non-hydrogen) atoms. The van der Waals surface area contributed by atoms with Gasteiger partial charge in [0.25, 0.3) is 0 Å². The van der Waals surface area contributed by atoms with Crippen LogP contribution in [0.2, 0.25) is 0 Å². The molecular formula is C16H18N4O. The molecule has 1 atom stereocenters. The number of benzene rings is 1. The van der Waals surface area contributed by atoms with E-state index in [4.69, 9.17) is 4.42 Å². The zero-order valence-corrected chi connectivity index (χ0v) is 12.4. The fourth-order valence-corrected chi connectivity index (χ4v) is 2.23. The van der Waals surface area contributed by atoms with Gasteiger partial charge in [-0.1, -0.05) is 12.1 Å². The first-order valence-corrected chi connectivity index (χ1v) is 6.89. The van der Waals surface area contributed by atoms with Crippen molar-refractivity contribution in [2.45, 2.75) is 19.9 Å². The molecule has 0 saturated heterocycles. The maximum absolute atomic E-state index is 5.24. The average molecular weight is 282 g/mol. The van der Waals surface area contributed by atoms with Crippen LogP contribution in [0.4, 0.5) is 5.69 Å². The van der Waals surface area contributed by atoms with Gasteiger partial charge in [0.15, 0.2) is 5.89 Å². The quantitative estimate of drug-likeness (QED) is 0.795. The predicted molar refractivity (Wildman–Crippen MR) is 81.9 cm³/mol. The van der Waals surface area contributed by atoms with Crippen molar-refractivity contribution in [3.05, 3.63) is 54.4 Å². The van der Waals surface area contributed by atoms with E-state index in [1.165, 1.54) is 0 Å². The molecule has 5 heteroatoms. The summed E-state index contributed by atoms with van der Waals surface area (Å²) in [5.41, 5.74) is 4.13. The van der Waals surface area contributed by atoms with Gasteiger partial charge in [-0.15, -0.1) is 0 Å². The first-order valence-electron chi connectivity index (χ1n) is 6.89. The third kappa shape index (κ3) is 2.97. The zero-order chi connectivity index (χ0) is 14.8. The Hall–Kier alpha value is -2.56. The molecule has 2 aromatic heterocycles. The standard InChI is InChI=1S/C16H18N4O/c1-11(14-8-17-20(3)9-14)18-15-6-4-13(5-7-15)16-10-21-12(2)19-16/h4-11,18H,1-3H3. The molecule has 5 nitrogen and oxygen atoms in total. The first-order chi connectivity index (χ1) is 10.1. The summed E-state index contributed by atoms with van der Waals surface area (Å²) >= 11 is 0. The summed E-state index contributed by atoms with van der Waals surface area (Å²) in [4.78, 5) is 4.32. The maximum Gasteiger partial charge on any atom is 0.191 e. The van der Waals surface area contributed by atoms with E-state index in [1.807, 2.05) is 55.3 Å². The number of hydrogen-bond donors (Lipinski definition) is 1. The molecule has 1 unspecified atom stereocenters. The molecule has 0 aliphatic heterocycles. The van der Waals surface area contributed by atoms with Gasteiger partial charge in [-0.2, -0.15) is 5.10 Å². The van der Waals surface area contributed by atoms with Crippen molar-refractivity contribution in [3.8, 4) is 11.3 Å². The minimum absolute atomic E-state index is 0.207. The van der Waals surface area contributed by atoms with Crippen molar-refractivity contribution < 1.29 is 4.42 Å². The number of rotatable bonds is 4. The average Bonchev–Trinajstić information content (AvgIpc) is 3.08. The van der Waals surface area contributed by atoms with E-state index < -0.39 is 0 Å². The lowest BCUT2D eigenvalue weighted by atomic mass is 10.1. The van der Waals surface area contributed by atoms with Gasteiger partial charge in [0.1, 0.15) is 12.0 Å². The maximum atomic E-state index is 5.24. The highest BCUT2D eigenvalue weighted by molar-refractivity contribution is 5.62. The van der Waals surface area contributed by atoms with E-state index in [1.54, 1.807) is 6.26 Å². The van der Waals surface area contributed by atoms with Crippen LogP contribution in [0.25, 0.3) is 11.3 Å². The summed E-state index contributed by atoms with van der Waals surface area (Å²) in [6.07, 6.45) is 5.57. The lowest BCUT2D eigenvalue weighted by molar-refractivity contribution is 0.521. The Labute approximate surface area is 123 Å². The van der Waals surface area contributed by atoms with Crippen LogP contribution in [0.1, 0.15) is 24.4 Å². The van der Waals surface area contributed by atoms with Crippen molar-refractivity contribution in [2.24, 2.45) is 7.05 Å². The van der Waals surface area contributed by atoms with Crippen LogP contribution in [-0.2, 0) is 7.05 Å². The van der Waals surface area contributed by atoms with Crippen LogP contribution in [0, 0.1) is 6.92 Å². The minimum atomic E-state index is 0.207. The molecule has 0 bridgehead atoms. The Bertz CT molecular complexity index is 727. The van der Waals surface area contributed by atoms with Crippen LogP contribution in [0.5, 0.6) is 0 Å². The highest BCUT2D eigenvalue weighted by Gasteiger charge is 2.08. The molecule has 1 N–H and O–H groups in total. The number of aryl methyl sites for hydroxylation is 2. The van der Waals surface area contributed by atoms with Gasteiger partial charge < -0.3 is 9.73 Å². The summed E-state index contributed by atoms with van der Waals surface area (Å²) in [7, 11) is 1.92. The SMILES string of the molecule is Cc1nc(-c2ccc(NC(C)c3cnn(C)c3)cc2)co1. The highest BCUT2D eigenvalue weighted by Crippen LogP contribution is 2.23. The molecule has 0 spiro atoms. The number of anilines is 1. The van der Waals surface area contributed by atoms with Crippen molar-refractivity contribution in [1.82, 2.24) is 14.8 Å². The number of oxazole rings is 1. The topological polar surface area (TPSA) is 55.9 Å². The molecule has 3 aromatic rings. The molecule has 108 valence electrons. The Morgan fingerprint density at radius 2 is 2.00 bits per heavy atom. The fraction of sp³-hybridized carbons (Fsp3) is 0.250. The number of hydrogen-bond acceptors (Lipinski definition) is 4. The van der Waals surface area contributed by atoms with Crippen molar-refractivity contribution >= 4 is 5.69 Å². The highest BCUT2D eigenvalue weighted by atomic mass is 16.3. The van der Waals surface area contributed by atoms with Gasteiger partial charge in [-0.3, -0.25) is 4.68 Å². The Morgan fingerprint density at radius 3 is 2.57 bits per heavy atom. The van der Waals surface area contributed by atoms with Crippen LogP contribution in [-0.4, -0.2) is 14.8 Å². The molecular weight excluding hydrogens is 264 g/mol. The lowest BCUT2D eigenvalue weighted by Gasteiger charge is -2.13. The smallest absolute Gasteiger partial charge is 0.191 e. The second-order valence-electron chi connectivity index (χ2n) is 5.14. The number of nitrogens with one attached hydrogen (secondary N) is 1. The Kier molecular flexibility index (Phi) is 3.48. The van der Waals surface area contributed by atoms with E-state index in [0.29, 0.717) is 5.89 Å². The van der Waals surface area contributed by atoms with Crippen LogP contribution < -0.4 is 5.32 Å². The Balaban J connectivity index is 1.72. The molecule has 0 aliphatic rings. The van der Waals surface area contributed by atoms with Gasteiger partial charge in [0.05, 0.1) is 12.2 Å². The van der Waals surface area contributed by atoms with Crippen LogP contribution in [0.3, 0.4) is 0 Å². The lowest BCUT2D eigenvalue weighted by Crippen LogP contribution is -2.05. The van der Waals surface area contributed by atoms with Crippen molar-refractivity contribution in [2.75, 3.05) is 5.32 Å². The molecule has 0 aliphatic carbocycles. The minimum Gasteiger partial charge on any atom is -0.449 e. The summed E-state index contributed by atoms with van der Waals surface area (Å²) in [5, 5.41) is 7.65. The summed E-state index contributed by atoms with van der Waals surface area (Å²) in [6.45, 7) is 3.96. The van der Waals surface area contributed by atoms with Gasteiger partial charge >= 0.3 is 0 Å². The van der Waals surface area contributed by atoms with Gasteiger partial charge in [-0.25, -0.2) is 4.98 Å². The van der Waals surface area contributed by atoms with Gasteiger partial charge in [0, 0.05) is 37.0 Å². The Morgan fingerprint density at radius 1 is 1.24 bits per heavy atom. The molecule has 0 saturated carbocycles. The van der Waals surface area contributed by atoms with E-state index in [0.717, 1.165) is 22.5 Å². The molecule has 0 radical (unpaired) electrons. The summed E-state index contributed by atoms with van der Waals surface area (Å²) in [5.74, 6) is 0.678. The van der Waals surface area contributed by atoms with E-state index in [-0.39, 0.29) is 6.04 Å². The second kappa shape index (κ2) is 5.44. The van der Waals surface area contributed by atoms with Crippen LogP contribution in [0.15, 0.2) is 47.3 Å². The van der Waals surface area contributed by atoms with E-state index in [2.05, 4.69) is 22.3 Å². The number of nitrogens with zero attached hydrogens (tertiary/aromatic N) is 3. The number of aromatic nitrogens is 3. The third-order valence-electron chi connectivity index (χ3n) is 3.41. The molecule has 0 fully saturated rings. The van der Waals surface area contributed by atoms with E-state index >= 15 is 0 Å². The fourth-order valence-electron chi connectivity index (χ4n) is 2.23. The molecule has 3 rings (SSSR count). The summed E-state index contributed by atoms with van der Waals surface area (Å²) < 4.78 is 7.05. The monoisotopic (exact) mass is 282 g/mol. The molecule has 1 aromatic carbocycles. The third-order valence-corrected chi connectivity index (χ3v) is 3.41. The van der Waals surface area contributed by atoms with Crippen LogP contribution >= 0.6 is 0 Å². The van der Waals surface area contributed by atoms with Gasteiger partial charge in [-0.05, 0) is 19.1 Å². The first kappa shape index (κ1) is 13.4. The zero-order valence-electron chi connectivity index (χ0n) is 12.4. The second-order valence-corrected chi connectivity index (χ2v) is 5.14. The summed E-state index contributed by atoms with van der Waals surface area (Å²) in [6, 6.07) is 8.38. The predicted octanol–water partition coefficient (Wildman–Crippen LogP) is 3.56.